The van der Waals surface area contributed by atoms with Crippen LogP contribution in [-0.2, 0) is 22.4 Å². The minimum absolute atomic E-state index is 0.160. The molecule has 0 saturated heterocycles. The number of carbonyl (C=O) groups is 2. The van der Waals surface area contributed by atoms with Crippen LogP contribution < -0.4 is 0 Å². The maximum Gasteiger partial charge on any atom is 0.323 e. The first kappa shape index (κ1) is 16.7. The van der Waals surface area contributed by atoms with Gasteiger partial charge >= 0.3 is 5.97 Å². The van der Waals surface area contributed by atoms with E-state index in [-0.39, 0.29) is 18.9 Å². The van der Waals surface area contributed by atoms with Gasteiger partial charge in [0.05, 0.1) is 10.2 Å². The van der Waals surface area contributed by atoms with E-state index in [9.17, 15) is 9.59 Å². The summed E-state index contributed by atoms with van der Waals surface area (Å²) in [5.41, 5.74) is 1.09. The number of amides is 1. The Morgan fingerprint density at radius 2 is 1.86 bits per heavy atom. The zero-order chi connectivity index (χ0) is 15.9. The van der Waals surface area contributed by atoms with Gasteiger partial charge in [-0.05, 0) is 40.0 Å². The number of carboxylic acid groups (broad SMARTS) is 1. The molecule has 0 saturated carbocycles. The third-order valence-corrected chi connectivity index (χ3v) is 4.77. The van der Waals surface area contributed by atoms with Crippen LogP contribution in [-0.4, -0.2) is 35.0 Å². The van der Waals surface area contributed by atoms with Crippen molar-refractivity contribution in [2.75, 3.05) is 13.1 Å². The average Bonchev–Trinajstić information content (AvgIpc) is 2.89. The van der Waals surface area contributed by atoms with Gasteiger partial charge < -0.3 is 10.0 Å². The normalized spacial score (nSPS) is 10.4. The number of carbonyl (C=O) groups excluding carboxylic acids is 1. The van der Waals surface area contributed by atoms with Crippen LogP contribution >= 0.6 is 27.3 Å². The summed E-state index contributed by atoms with van der Waals surface area (Å²) in [6.45, 7) is 0.139. The molecule has 0 aliphatic heterocycles. The zero-order valence-corrected chi connectivity index (χ0v) is 14.3. The molecule has 1 aromatic carbocycles. The van der Waals surface area contributed by atoms with Gasteiger partial charge in [-0.15, -0.1) is 11.3 Å². The summed E-state index contributed by atoms with van der Waals surface area (Å²) in [5.74, 6) is -1.15. The van der Waals surface area contributed by atoms with Crippen molar-refractivity contribution in [2.45, 2.75) is 12.8 Å². The highest BCUT2D eigenvalue weighted by molar-refractivity contribution is 9.11. The number of halogens is 1. The Morgan fingerprint density at radius 1 is 1.14 bits per heavy atom. The second kappa shape index (κ2) is 8.10. The first-order valence-electron chi connectivity index (χ1n) is 6.82. The number of benzene rings is 1. The van der Waals surface area contributed by atoms with E-state index in [1.807, 2.05) is 42.5 Å². The van der Waals surface area contributed by atoms with Gasteiger partial charge in [0.25, 0.3) is 0 Å². The van der Waals surface area contributed by atoms with E-state index >= 15 is 0 Å². The molecule has 1 N–H and O–H groups in total. The monoisotopic (exact) mass is 381 g/mol. The van der Waals surface area contributed by atoms with Crippen LogP contribution in [0.5, 0.6) is 0 Å². The minimum atomic E-state index is -0.992. The minimum Gasteiger partial charge on any atom is -0.480 e. The Balaban J connectivity index is 1.98. The number of aliphatic carboxylic acids is 1. The lowest BCUT2D eigenvalue weighted by atomic mass is 10.1. The summed E-state index contributed by atoms with van der Waals surface area (Å²) in [6, 6.07) is 13.5. The summed E-state index contributed by atoms with van der Waals surface area (Å²) in [5, 5.41) is 9.00. The molecule has 0 radical (unpaired) electrons. The van der Waals surface area contributed by atoms with Crippen LogP contribution in [0.2, 0.25) is 0 Å². The van der Waals surface area contributed by atoms with Crippen LogP contribution in [0.15, 0.2) is 46.3 Å². The smallest absolute Gasteiger partial charge is 0.323 e. The molecule has 2 rings (SSSR count). The molecule has 1 amide bonds. The highest BCUT2D eigenvalue weighted by atomic mass is 79.9. The molecule has 0 aliphatic carbocycles. The Morgan fingerprint density at radius 3 is 2.45 bits per heavy atom. The molecule has 22 heavy (non-hydrogen) atoms. The van der Waals surface area contributed by atoms with E-state index < -0.39 is 5.97 Å². The van der Waals surface area contributed by atoms with E-state index in [2.05, 4.69) is 15.9 Å². The van der Waals surface area contributed by atoms with Crippen LogP contribution in [0.3, 0.4) is 0 Å². The second-order valence-corrected chi connectivity index (χ2v) is 7.37. The summed E-state index contributed by atoms with van der Waals surface area (Å²) < 4.78 is 0.962. The van der Waals surface area contributed by atoms with Crippen molar-refractivity contribution >= 4 is 39.1 Å². The Kier molecular flexibility index (Phi) is 6.15. The second-order valence-electron chi connectivity index (χ2n) is 4.83. The fourth-order valence-corrected chi connectivity index (χ4v) is 3.55. The molecule has 6 heteroatoms. The predicted molar refractivity (Wildman–Crippen MR) is 90.1 cm³/mol. The van der Waals surface area contributed by atoms with Gasteiger partial charge in [0.1, 0.15) is 6.54 Å². The highest BCUT2D eigenvalue weighted by Crippen LogP contribution is 2.22. The SMILES string of the molecule is O=C(O)CN(CCc1ccccc1)C(=O)Cc1ccc(Br)s1. The van der Waals surface area contributed by atoms with Crippen molar-refractivity contribution < 1.29 is 14.7 Å². The zero-order valence-electron chi connectivity index (χ0n) is 11.9. The Bertz CT molecular complexity index is 642. The number of carboxylic acids is 1. The maximum absolute atomic E-state index is 12.3. The number of hydrogen-bond donors (Lipinski definition) is 1. The lowest BCUT2D eigenvalue weighted by molar-refractivity contribution is -0.144. The van der Waals surface area contributed by atoms with E-state index in [4.69, 9.17) is 5.11 Å². The summed E-state index contributed by atoms with van der Waals surface area (Å²) in [7, 11) is 0. The predicted octanol–water partition coefficient (Wildman–Crippen LogP) is 3.21. The third kappa shape index (κ3) is 5.27. The first-order valence-corrected chi connectivity index (χ1v) is 8.43. The molecule has 0 spiro atoms. The van der Waals surface area contributed by atoms with Crippen molar-refractivity contribution in [1.82, 2.24) is 4.90 Å². The maximum atomic E-state index is 12.3. The molecule has 1 aromatic heterocycles. The Labute approximate surface area is 141 Å². The molecule has 2 aromatic rings. The number of rotatable bonds is 7. The molecule has 0 unspecified atom stereocenters. The van der Waals surface area contributed by atoms with Gasteiger partial charge in [0.15, 0.2) is 0 Å². The summed E-state index contributed by atoms with van der Waals surface area (Å²) >= 11 is 4.85. The molecular weight excluding hydrogens is 366 g/mol. The average molecular weight is 382 g/mol. The number of nitrogens with zero attached hydrogens (tertiary/aromatic N) is 1. The molecule has 0 bridgehead atoms. The van der Waals surface area contributed by atoms with Crippen molar-refractivity contribution in [3.8, 4) is 0 Å². The van der Waals surface area contributed by atoms with Gasteiger partial charge in [-0.25, -0.2) is 0 Å². The topological polar surface area (TPSA) is 57.6 Å². The van der Waals surface area contributed by atoms with Crippen molar-refractivity contribution in [3.05, 3.63) is 56.7 Å². The van der Waals surface area contributed by atoms with E-state index in [0.717, 1.165) is 14.2 Å². The van der Waals surface area contributed by atoms with Crippen LogP contribution in [0.25, 0.3) is 0 Å². The number of thiophene rings is 1. The molecular formula is C16H16BrNO3S. The van der Waals surface area contributed by atoms with E-state index in [0.29, 0.717) is 13.0 Å². The summed E-state index contributed by atoms with van der Waals surface area (Å²) in [6.07, 6.45) is 0.881. The van der Waals surface area contributed by atoms with Gasteiger partial charge in [0, 0.05) is 11.4 Å². The van der Waals surface area contributed by atoms with Crippen molar-refractivity contribution in [1.29, 1.82) is 0 Å². The molecule has 4 nitrogen and oxygen atoms in total. The van der Waals surface area contributed by atoms with Gasteiger partial charge in [0.2, 0.25) is 5.91 Å². The van der Waals surface area contributed by atoms with Gasteiger partial charge in [-0.1, -0.05) is 30.3 Å². The number of hydrogen-bond acceptors (Lipinski definition) is 3. The highest BCUT2D eigenvalue weighted by Gasteiger charge is 2.17. The Hall–Kier alpha value is -1.66. The largest absolute Gasteiger partial charge is 0.480 e. The van der Waals surface area contributed by atoms with Crippen LogP contribution in [0, 0.1) is 0 Å². The first-order chi connectivity index (χ1) is 10.5. The molecule has 116 valence electrons. The van der Waals surface area contributed by atoms with Crippen LogP contribution in [0.4, 0.5) is 0 Å². The molecule has 1 heterocycles. The molecule has 0 fully saturated rings. The fraction of sp³-hybridized carbons (Fsp3) is 0.250. The quantitative estimate of drug-likeness (QED) is 0.800. The standard InChI is InChI=1S/C16H16BrNO3S/c17-14-7-6-13(22-14)10-15(19)18(11-16(20)21)9-8-12-4-2-1-3-5-12/h1-7H,8-11H2,(H,20,21). The van der Waals surface area contributed by atoms with Gasteiger partial charge in [-0.2, -0.15) is 0 Å². The third-order valence-electron chi connectivity index (χ3n) is 3.15. The van der Waals surface area contributed by atoms with Crippen LogP contribution in [0.1, 0.15) is 10.4 Å². The van der Waals surface area contributed by atoms with E-state index in [1.54, 1.807) is 0 Å². The molecule has 0 aliphatic rings. The fourth-order valence-electron chi connectivity index (χ4n) is 2.07. The lowest BCUT2D eigenvalue weighted by Gasteiger charge is -2.20. The summed E-state index contributed by atoms with van der Waals surface area (Å²) in [4.78, 5) is 25.6. The van der Waals surface area contributed by atoms with Crippen molar-refractivity contribution in [3.63, 3.8) is 0 Å². The van der Waals surface area contributed by atoms with Gasteiger partial charge in [-0.3, -0.25) is 9.59 Å². The molecule has 0 atom stereocenters. The van der Waals surface area contributed by atoms with E-state index in [1.165, 1.54) is 16.2 Å². The van der Waals surface area contributed by atoms with Crippen molar-refractivity contribution in [2.24, 2.45) is 0 Å². The lowest BCUT2D eigenvalue weighted by Crippen LogP contribution is -2.38.